The minimum Gasteiger partial charge on any atom is -0.496 e. The average molecular weight is 314 g/mol. The summed E-state index contributed by atoms with van der Waals surface area (Å²) in [6.45, 7) is 2.48. The van der Waals surface area contributed by atoms with E-state index in [-0.39, 0.29) is 0 Å². The van der Waals surface area contributed by atoms with E-state index in [1.807, 2.05) is 12.1 Å². The predicted octanol–water partition coefficient (Wildman–Crippen LogP) is 2.77. The molecule has 18 heavy (non-hydrogen) atoms. The number of rotatable bonds is 8. The van der Waals surface area contributed by atoms with Crippen LogP contribution in [0.1, 0.15) is 18.4 Å². The fourth-order valence-corrected chi connectivity index (χ4v) is 2.26. The summed E-state index contributed by atoms with van der Waals surface area (Å²) in [7, 11) is 1.70. The summed E-state index contributed by atoms with van der Waals surface area (Å²) in [6, 6.07) is 6.82. The van der Waals surface area contributed by atoms with E-state index in [4.69, 9.17) is 9.47 Å². The Morgan fingerprint density at radius 2 is 2.17 bits per heavy atom. The molecule has 1 fully saturated rings. The van der Waals surface area contributed by atoms with Gasteiger partial charge < -0.3 is 14.8 Å². The van der Waals surface area contributed by atoms with Gasteiger partial charge in [0.1, 0.15) is 5.75 Å². The molecule has 0 bridgehead atoms. The van der Waals surface area contributed by atoms with Gasteiger partial charge in [0.2, 0.25) is 0 Å². The lowest BCUT2D eigenvalue weighted by atomic mass is 10.1. The number of ether oxygens (including phenoxy) is 2. The molecule has 100 valence electrons. The standard InChI is InChI=1S/C14H20BrNO2/c1-17-14-5-2-12(15)10-11(14)6-8-18-9-7-16-13-3-4-13/h2,5,10,13,16H,3-4,6-9H2,1H3. The van der Waals surface area contributed by atoms with Crippen molar-refractivity contribution >= 4 is 15.9 Å². The van der Waals surface area contributed by atoms with Crippen molar-refractivity contribution in [1.82, 2.24) is 5.32 Å². The zero-order chi connectivity index (χ0) is 12.8. The molecule has 0 spiro atoms. The van der Waals surface area contributed by atoms with Gasteiger partial charge in [-0.3, -0.25) is 0 Å². The molecule has 0 radical (unpaired) electrons. The van der Waals surface area contributed by atoms with Crippen LogP contribution in [0.3, 0.4) is 0 Å². The molecular formula is C14H20BrNO2. The van der Waals surface area contributed by atoms with Crippen molar-refractivity contribution in [1.29, 1.82) is 0 Å². The molecule has 0 unspecified atom stereocenters. The first kappa shape index (κ1) is 13.8. The predicted molar refractivity (Wildman–Crippen MR) is 76.2 cm³/mol. The average Bonchev–Trinajstić information content (AvgIpc) is 3.18. The summed E-state index contributed by atoms with van der Waals surface area (Å²) in [5.74, 6) is 0.929. The fraction of sp³-hybridized carbons (Fsp3) is 0.571. The maximum atomic E-state index is 5.62. The smallest absolute Gasteiger partial charge is 0.122 e. The Balaban J connectivity index is 1.66. The number of halogens is 1. The lowest BCUT2D eigenvalue weighted by Gasteiger charge is -2.09. The summed E-state index contributed by atoms with van der Waals surface area (Å²) >= 11 is 3.48. The van der Waals surface area contributed by atoms with Gasteiger partial charge in [-0.1, -0.05) is 15.9 Å². The maximum absolute atomic E-state index is 5.62. The highest BCUT2D eigenvalue weighted by atomic mass is 79.9. The van der Waals surface area contributed by atoms with E-state index < -0.39 is 0 Å². The van der Waals surface area contributed by atoms with Crippen LogP contribution in [0.2, 0.25) is 0 Å². The molecule has 1 aliphatic carbocycles. The van der Waals surface area contributed by atoms with Gasteiger partial charge in [0.15, 0.2) is 0 Å². The van der Waals surface area contributed by atoms with Crippen molar-refractivity contribution in [2.45, 2.75) is 25.3 Å². The Kier molecular flexibility index (Phi) is 5.47. The van der Waals surface area contributed by atoms with Crippen LogP contribution in [0.5, 0.6) is 5.75 Å². The highest BCUT2D eigenvalue weighted by Crippen LogP contribution is 2.23. The number of nitrogens with one attached hydrogen (secondary N) is 1. The SMILES string of the molecule is COc1ccc(Br)cc1CCOCCNC1CC1. The monoisotopic (exact) mass is 313 g/mol. The molecule has 1 aromatic carbocycles. The second kappa shape index (κ2) is 7.12. The Morgan fingerprint density at radius 1 is 1.33 bits per heavy atom. The third kappa shape index (κ3) is 4.59. The Hall–Kier alpha value is -0.580. The topological polar surface area (TPSA) is 30.5 Å². The summed E-state index contributed by atoms with van der Waals surface area (Å²) < 4.78 is 12.0. The van der Waals surface area contributed by atoms with Gasteiger partial charge in [0.25, 0.3) is 0 Å². The molecule has 3 nitrogen and oxygen atoms in total. The van der Waals surface area contributed by atoms with Crippen molar-refractivity contribution in [3.05, 3.63) is 28.2 Å². The Morgan fingerprint density at radius 3 is 2.89 bits per heavy atom. The maximum Gasteiger partial charge on any atom is 0.122 e. The molecule has 4 heteroatoms. The number of benzene rings is 1. The minimum absolute atomic E-state index is 0.735. The van der Waals surface area contributed by atoms with Gasteiger partial charge in [-0.05, 0) is 43.0 Å². The molecule has 0 heterocycles. The van der Waals surface area contributed by atoms with Crippen LogP contribution in [-0.2, 0) is 11.2 Å². The van der Waals surface area contributed by atoms with E-state index in [9.17, 15) is 0 Å². The van der Waals surface area contributed by atoms with Gasteiger partial charge in [0, 0.05) is 17.1 Å². The van der Waals surface area contributed by atoms with E-state index in [0.717, 1.165) is 42.4 Å². The van der Waals surface area contributed by atoms with Crippen LogP contribution in [0.4, 0.5) is 0 Å². The van der Waals surface area contributed by atoms with E-state index in [1.54, 1.807) is 7.11 Å². The van der Waals surface area contributed by atoms with Crippen LogP contribution in [0, 0.1) is 0 Å². The third-order valence-electron chi connectivity index (χ3n) is 3.01. The van der Waals surface area contributed by atoms with Gasteiger partial charge in [-0.25, -0.2) is 0 Å². The molecular weight excluding hydrogens is 294 g/mol. The van der Waals surface area contributed by atoms with Crippen molar-refractivity contribution in [3.8, 4) is 5.75 Å². The molecule has 0 atom stereocenters. The van der Waals surface area contributed by atoms with Crippen LogP contribution in [0.25, 0.3) is 0 Å². The number of hydrogen-bond donors (Lipinski definition) is 1. The molecule has 0 aromatic heterocycles. The van der Waals surface area contributed by atoms with Crippen molar-refractivity contribution in [3.63, 3.8) is 0 Å². The van der Waals surface area contributed by atoms with Crippen molar-refractivity contribution in [2.24, 2.45) is 0 Å². The minimum atomic E-state index is 0.735. The van der Waals surface area contributed by atoms with E-state index in [0.29, 0.717) is 0 Å². The Bertz CT molecular complexity index is 380. The lowest BCUT2D eigenvalue weighted by Crippen LogP contribution is -2.22. The largest absolute Gasteiger partial charge is 0.496 e. The van der Waals surface area contributed by atoms with Crippen LogP contribution >= 0.6 is 15.9 Å². The molecule has 0 amide bonds. The number of hydrogen-bond acceptors (Lipinski definition) is 3. The summed E-state index contributed by atoms with van der Waals surface area (Å²) in [5, 5.41) is 3.43. The summed E-state index contributed by atoms with van der Waals surface area (Å²) in [6.07, 6.45) is 3.54. The molecule has 1 N–H and O–H groups in total. The normalized spacial score (nSPS) is 14.8. The zero-order valence-electron chi connectivity index (χ0n) is 10.7. The van der Waals surface area contributed by atoms with Crippen LogP contribution < -0.4 is 10.1 Å². The highest BCUT2D eigenvalue weighted by Gasteiger charge is 2.19. The van der Waals surface area contributed by atoms with Crippen LogP contribution in [0.15, 0.2) is 22.7 Å². The van der Waals surface area contributed by atoms with E-state index >= 15 is 0 Å². The Labute approximate surface area is 117 Å². The van der Waals surface area contributed by atoms with Gasteiger partial charge >= 0.3 is 0 Å². The van der Waals surface area contributed by atoms with E-state index in [1.165, 1.54) is 18.4 Å². The zero-order valence-corrected chi connectivity index (χ0v) is 12.3. The van der Waals surface area contributed by atoms with Gasteiger partial charge in [-0.2, -0.15) is 0 Å². The molecule has 0 aliphatic heterocycles. The molecule has 0 saturated heterocycles. The van der Waals surface area contributed by atoms with Crippen molar-refractivity contribution in [2.75, 3.05) is 26.9 Å². The lowest BCUT2D eigenvalue weighted by molar-refractivity contribution is 0.138. The quantitative estimate of drug-likeness (QED) is 0.749. The molecule has 1 aromatic rings. The van der Waals surface area contributed by atoms with Gasteiger partial charge in [-0.15, -0.1) is 0 Å². The second-order valence-corrected chi connectivity index (χ2v) is 5.46. The third-order valence-corrected chi connectivity index (χ3v) is 3.51. The highest BCUT2D eigenvalue weighted by molar-refractivity contribution is 9.10. The summed E-state index contributed by atoms with van der Waals surface area (Å²) in [5.41, 5.74) is 1.18. The first-order valence-corrected chi connectivity index (χ1v) is 7.22. The first-order chi connectivity index (χ1) is 8.79. The second-order valence-electron chi connectivity index (χ2n) is 4.55. The van der Waals surface area contributed by atoms with Gasteiger partial charge in [0.05, 0.1) is 20.3 Å². The molecule has 2 rings (SSSR count). The van der Waals surface area contributed by atoms with Crippen LogP contribution in [-0.4, -0.2) is 32.9 Å². The van der Waals surface area contributed by atoms with E-state index in [2.05, 4.69) is 27.3 Å². The fourth-order valence-electron chi connectivity index (χ4n) is 1.85. The molecule has 1 saturated carbocycles. The summed E-state index contributed by atoms with van der Waals surface area (Å²) in [4.78, 5) is 0. The van der Waals surface area contributed by atoms with Crippen molar-refractivity contribution < 1.29 is 9.47 Å². The number of methoxy groups -OCH3 is 1. The molecule has 1 aliphatic rings. The first-order valence-electron chi connectivity index (χ1n) is 6.43.